The first-order valence-electron chi connectivity index (χ1n) is 12.3. The fraction of sp³-hybridized carbons (Fsp3) is 0.250. The van der Waals surface area contributed by atoms with Gasteiger partial charge in [-0.15, -0.1) is 0 Å². The Morgan fingerprint density at radius 3 is 2.49 bits per heavy atom. The zero-order valence-electron chi connectivity index (χ0n) is 20.6. The van der Waals surface area contributed by atoms with Gasteiger partial charge < -0.3 is 20.3 Å². The van der Waals surface area contributed by atoms with Crippen LogP contribution in [0, 0.1) is 0 Å². The molecule has 2 heterocycles. The van der Waals surface area contributed by atoms with Gasteiger partial charge in [0.15, 0.2) is 0 Å². The van der Waals surface area contributed by atoms with Crippen molar-refractivity contribution >= 4 is 17.6 Å². The molecule has 0 aliphatic carbocycles. The average Bonchev–Trinajstić information content (AvgIpc) is 3.42. The number of aliphatic carboxylic acids is 1. The highest BCUT2D eigenvalue weighted by molar-refractivity contribution is 5.94. The summed E-state index contributed by atoms with van der Waals surface area (Å²) in [5, 5.41) is 19.0. The lowest BCUT2D eigenvalue weighted by molar-refractivity contribution is -0.136. The largest absolute Gasteiger partial charge is 0.481 e. The van der Waals surface area contributed by atoms with E-state index >= 15 is 0 Å². The molecule has 4 rings (SSSR count). The SMILES string of the molecule is CCCC[C@H](Nc1ccc(C(=O)NCCC(=O)O)cc1)c1ccc(-c2noc(-c3ccccn3)n2)cc1. The van der Waals surface area contributed by atoms with Gasteiger partial charge >= 0.3 is 5.97 Å². The molecule has 0 spiro atoms. The van der Waals surface area contributed by atoms with Crippen molar-refractivity contribution in [2.45, 2.75) is 38.6 Å². The molecule has 3 N–H and O–H groups in total. The molecule has 9 heteroatoms. The minimum absolute atomic E-state index is 0.0820. The summed E-state index contributed by atoms with van der Waals surface area (Å²) in [4.78, 5) is 31.6. The topological polar surface area (TPSA) is 130 Å². The average molecular weight is 500 g/mol. The van der Waals surface area contributed by atoms with Crippen LogP contribution < -0.4 is 10.6 Å². The summed E-state index contributed by atoms with van der Waals surface area (Å²) in [6.07, 6.45) is 4.65. The van der Waals surface area contributed by atoms with Gasteiger partial charge in [-0.2, -0.15) is 4.98 Å². The van der Waals surface area contributed by atoms with Crippen molar-refractivity contribution < 1.29 is 19.2 Å². The van der Waals surface area contributed by atoms with E-state index in [-0.39, 0.29) is 24.9 Å². The number of hydrogen-bond acceptors (Lipinski definition) is 7. The number of benzene rings is 2. The van der Waals surface area contributed by atoms with E-state index in [1.807, 2.05) is 42.5 Å². The van der Waals surface area contributed by atoms with E-state index in [2.05, 4.69) is 44.8 Å². The molecular weight excluding hydrogens is 470 g/mol. The summed E-state index contributed by atoms with van der Waals surface area (Å²) in [6, 6.07) is 20.9. The van der Waals surface area contributed by atoms with E-state index < -0.39 is 5.97 Å². The molecule has 0 bridgehead atoms. The van der Waals surface area contributed by atoms with Crippen LogP contribution in [0.1, 0.15) is 54.6 Å². The highest BCUT2D eigenvalue weighted by atomic mass is 16.5. The van der Waals surface area contributed by atoms with E-state index in [1.165, 1.54) is 0 Å². The number of carbonyl (C=O) groups is 2. The van der Waals surface area contributed by atoms with Gasteiger partial charge in [0.05, 0.1) is 12.5 Å². The number of unbranched alkanes of at least 4 members (excludes halogenated alkanes) is 1. The van der Waals surface area contributed by atoms with E-state index in [4.69, 9.17) is 9.63 Å². The van der Waals surface area contributed by atoms with Crippen LogP contribution in [-0.4, -0.2) is 38.7 Å². The van der Waals surface area contributed by atoms with Gasteiger partial charge in [0, 0.05) is 29.6 Å². The van der Waals surface area contributed by atoms with Crippen molar-refractivity contribution in [3.05, 3.63) is 84.1 Å². The number of hydrogen-bond donors (Lipinski definition) is 3. The van der Waals surface area contributed by atoms with Crippen molar-refractivity contribution in [1.82, 2.24) is 20.4 Å². The van der Waals surface area contributed by atoms with Crippen molar-refractivity contribution in [2.24, 2.45) is 0 Å². The number of carbonyl (C=O) groups excluding carboxylic acids is 1. The van der Waals surface area contributed by atoms with Gasteiger partial charge in [0.1, 0.15) is 5.69 Å². The van der Waals surface area contributed by atoms with Crippen LogP contribution in [-0.2, 0) is 4.79 Å². The smallest absolute Gasteiger partial charge is 0.305 e. The number of amides is 1. The van der Waals surface area contributed by atoms with Gasteiger partial charge in [-0.05, 0) is 48.4 Å². The van der Waals surface area contributed by atoms with Crippen LogP contribution >= 0.6 is 0 Å². The van der Waals surface area contributed by atoms with E-state index in [0.29, 0.717) is 23.0 Å². The monoisotopic (exact) mass is 499 g/mol. The molecule has 4 aromatic rings. The normalized spacial score (nSPS) is 11.6. The van der Waals surface area contributed by atoms with Crippen LogP contribution in [0.5, 0.6) is 0 Å². The molecule has 2 aromatic heterocycles. The lowest BCUT2D eigenvalue weighted by atomic mass is 9.99. The van der Waals surface area contributed by atoms with Gasteiger partial charge in [-0.25, -0.2) is 0 Å². The van der Waals surface area contributed by atoms with Crippen LogP contribution in [0.3, 0.4) is 0 Å². The standard InChI is InChI=1S/C28H29N5O4/c1-2-3-6-23(31-22-14-12-21(13-15-22)27(36)30-18-16-25(34)35)19-8-10-20(11-9-19)26-32-28(37-33-26)24-7-4-5-17-29-24/h4-5,7-15,17,23,31H,2-3,6,16,18H2,1H3,(H,30,36)(H,34,35)/t23-/m0/s1. The Morgan fingerprint density at radius 2 is 1.81 bits per heavy atom. The molecule has 37 heavy (non-hydrogen) atoms. The highest BCUT2D eigenvalue weighted by Crippen LogP contribution is 2.28. The third-order valence-corrected chi connectivity index (χ3v) is 5.84. The Balaban J connectivity index is 1.43. The molecular formula is C28H29N5O4. The molecule has 0 radical (unpaired) electrons. The zero-order valence-corrected chi connectivity index (χ0v) is 20.6. The Kier molecular flexibility index (Phi) is 8.59. The third-order valence-electron chi connectivity index (χ3n) is 5.84. The van der Waals surface area contributed by atoms with Gasteiger partial charge in [-0.1, -0.05) is 55.3 Å². The van der Waals surface area contributed by atoms with E-state index in [0.717, 1.165) is 36.1 Å². The summed E-state index contributed by atoms with van der Waals surface area (Å²) in [6.45, 7) is 2.25. The molecule has 1 amide bonds. The molecule has 1 atom stereocenters. The zero-order chi connectivity index (χ0) is 26.0. The third kappa shape index (κ3) is 7.00. The lowest BCUT2D eigenvalue weighted by Gasteiger charge is -2.21. The summed E-state index contributed by atoms with van der Waals surface area (Å²) < 4.78 is 5.38. The quantitative estimate of drug-likeness (QED) is 0.238. The fourth-order valence-corrected chi connectivity index (χ4v) is 3.83. The number of carboxylic acid groups (broad SMARTS) is 1. The van der Waals surface area contributed by atoms with Crippen molar-refractivity contribution in [1.29, 1.82) is 0 Å². The van der Waals surface area contributed by atoms with E-state index in [9.17, 15) is 9.59 Å². The highest BCUT2D eigenvalue weighted by Gasteiger charge is 2.15. The molecule has 0 aliphatic rings. The maximum atomic E-state index is 12.2. The van der Waals surface area contributed by atoms with Gasteiger partial charge in [-0.3, -0.25) is 14.6 Å². The van der Waals surface area contributed by atoms with E-state index in [1.54, 1.807) is 18.3 Å². The Bertz CT molecular complexity index is 1300. The first kappa shape index (κ1) is 25.6. The summed E-state index contributed by atoms with van der Waals surface area (Å²) >= 11 is 0. The molecule has 9 nitrogen and oxygen atoms in total. The fourth-order valence-electron chi connectivity index (χ4n) is 3.83. The summed E-state index contributed by atoms with van der Waals surface area (Å²) in [5.74, 6) is -0.361. The van der Waals surface area contributed by atoms with Crippen LogP contribution in [0.2, 0.25) is 0 Å². The Morgan fingerprint density at radius 1 is 1.03 bits per heavy atom. The molecule has 0 aliphatic heterocycles. The first-order chi connectivity index (χ1) is 18.0. The van der Waals surface area contributed by atoms with Crippen molar-refractivity contribution in [2.75, 3.05) is 11.9 Å². The predicted molar refractivity (Wildman–Crippen MR) is 140 cm³/mol. The van der Waals surface area contributed by atoms with Crippen LogP contribution in [0.25, 0.3) is 23.0 Å². The van der Waals surface area contributed by atoms with Crippen molar-refractivity contribution in [3.63, 3.8) is 0 Å². The van der Waals surface area contributed by atoms with Gasteiger partial charge in [0.25, 0.3) is 11.8 Å². The molecule has 0 saturated heterocycles. The maximum absolute atomic E-state index is 12.2. The minimum Gasteiger partial charge on any atom is -0.481 e. The van der Waals surface area contributed by atoms with Gasteiger partial charge in [0.2, 0.25) is 5.82 Å². The second-order valence-corrected chi connectivity index (χ2v) is 8.58. The molecule has 0 unspecified atom stereocenters. The first-order valence-corrected chi connectivity index (χ1v) is 12.3. The predicted octanol–water partition coefficient (Wildman–Crippen LogP) is 5.35. The number of rotatable bonds is 12. The Labute approximate surface area is 215 Å². The minimum atomic E-state index is -0.947. The maximum Gasteiger partial charge on any atom is 0.305 e. The molecule has 190 valence electrons. The second-order valence-electron chi connectivity index (χ2n) is 8.58. The molecule has 0 fully saturated rings. The molecule has 2 aromatic carbocycles. The number of nitrogens with one attached hydrogen (secondary N) is 2. The van der Waals surface area contributed by atoms with Crippen molar-refractivity contribution in [3.8, 4) is 23.0 Å². The van der Waals surface area contributed by atoms with Crippen LogP contribution in [0.4, 0.5) is 5.69 Å². The number of anilines is 1. The number of pyridine rings is 1. The summed E-state index contributed by atoms with van der Waals surface area (Å²) in [5.41, 5.74) is 3.98. The van der Waals surface area contributed by atoms with Crippen LogP contribution in [0.15, 0.2) is 77.4 Å². The summed E-state index contributed by atoms with van der Waals surface area (Å²) in [7, 11) is 0. The number of nitrogens with zero attached hydrogens (tertiary/aromatic N) is 3. The lowest BCUT2D eigenvalue weighted by Crippen LogP contribution is -2.25. The number of carboxylic acids is 1. The molecule has 0 saturated carbocycles. The number of aromatic nitrogens is 3. The Hall–Kier alpha value is -4.53. The second kappa shape index (κ2) is 12.4.